The van der Waals surface area contributed by atoms with E-state index >= 15 is 0 Å². The van der Waals surface area contributed by atoms with Crippen LogP contribution in [-0.4, -0.2) is 16.0 Å². The third kappa shape index (κ3) is 3.26. The summed E-state index contributed by atoms with van der Waals surface area (Å²) < 4.78 is 11.3. The number of thioether (sulfide) groups is 1. The number of rotatable bonds is 6. The van der Waals surface area contributed by atoms with E-state index in [1.807, 2.05) is 30.3 Å². The molecule has 3 rings (SSSR count). The molecule has 0 amide bonds. The van der Waals surface area contributed by atoms with Crippen molar-refractivity contribution in [3.05, 3.63) is 30.3 Å². The molecule has 0 atom stereocenters. The summed E-state index contributed by atoms with van der Waals surface area (Å²) >= 11 is 1.50. The van der Waals surface area contributed by atoms with E-state index < -0.39 is 0 Å². The molecule has 0 N–H and O–H groups in total. The molecule has 0 aliphatic rings. The second kappa shape index (κ2) is 6.46. The summed E-state index contributed by atoms with van der Waals surface area (Å²) in [5.74, 6) is 1.84. The fourth-order valence-electron chi connectivity index (χ4n) is 1.92. The zero-order valence-electron chi connectivity index (χ0n) is 11.3. The van der Waals surface area contributed by atoms with Crippen LogP contribution in [0.2, 0.25) is 0 Å². The summed E-state index contributed by atoms with van der Waals surface area (Å²) in [6, 6.07) is 11.8. The highest BCUT2D eigenvalue weighted by atomic mass is 32.2. The molecule has 1 aromatic carbocycles. The predicted octanol–water partition coefficient (Wildman–Crippen LogP) is 4.27. The minimum absolute atomic E-state index is 0.394. The first-order chi connectivity index (χ1) is 10.4. The first-order valence-electron chi connectivity index (χ1n) is 6.69. The SMILES string of the molecule is N#CCCCCSc1nnc(-c2cc3ccccc3o2)o1. The van der Waals surface area contributed by atoms with Gasteiger partial charge in [-0.15, -0.1) is 10.2 Å². The molecule has 0 radical (unpaired) electrons. The van der Waals surface area contributed by atoms with Gasteiger partial charge in [0.05, 0.1) is 6.07 Å². The lowest BCUT2D eigenvalue weighted by Gasteiger charge is -1.93. The Labute approximate surface area is 126 Å². The number of furan rings is 1. The Morgan fingerprint density at radius 1 is 1.14 bits per heavy atom. The van der Waals surface area contributed by atoms with E-state index in [0.29, 0.717) is 23.3 Å². The summed E-state index contributed by atoms with van der Waals surface area (Å²) in [5, 5.41) is 18.0. The summed E-state index contributed by atoms with van der Waals surface area (Å²) in [7, 11) is 0. The molecule has 2 aromatic heterocycles. The summed E-state index contributed by atoms with van der Waals surface area (Å²) in [6.07, 6.45) is 2.45. The number of aromatic nitrogens is 2. The molecule has 21 heavy (non-hydrogen) atoms. The fourth-order valence-corrected chi connectivity index (χ4v) is 2.68. The molecule has 0 saturated carbocycles. The van der Waals surface area contributed by atoms with Crippen LogP contribution in [0.3, 0.4) is 0 Å². The number of benzene rings is 1. The molecular weight excluding hydrogens is 286 g/mol. The standard InChI is InChI=1S/C15H13N3O2S/c16-8-4-1-5-9-21-15-18-17-14(20-15)13-10-11-6-2-3-7-12(11)19-13/h2-3,6-7,10H,1,4-5,9H2. The van der Waals surface area contributed by atoms with Crippen LogP contribution in [0, 0.1) is 11.3 Å². The second-order valence-electron chi connectivity index (χ2n) is 4.49. The molecular formula is C15H13N3O2S. The van der Waals surface area contributed by atoms with Gasteiger partial charge in [-0.25, -0.2) is 0 Å². The predicted molar refractivity (Wildman–Crippen MR) is 79.7 cm³/mol. The average molecular weight is 299 g/mol. The highest BCUT2D eigenvalue weighted by Crippen LogP contribution is 2.28. The minimum Gasteiger partial charge on any atom is -0.451 e. The Kier molecular flexibility index (Phi) is 4.22. The van der Waals surface area contributed by atoms with Crippen LogP contribution in [0.4, 0.5) is 0 Å². The number of para-hydroxylation sites is 1. The number of fused-ring (bicyclic) bond motifs is 1. The van der Waals surface area contributed by atoms with Gasteiger partial charge in [0.2, 0.25) is 0 Å². The van der Waals surface area contributed by atoms with Crippen molar-refractivity contribution in [1.29, 1.82) is 5.26 Å². The monoisotopic (exact) mass is 299 g/mol. The molecule has 0 aliphatic carbocycles. The molecule has 5 nitrogen and oxygen atoms in total. The van der Waals surface area contributed by atoms with Crippen LogP contribution in [0.5, 0.6) is 0 Å². The average Bonchev–Trinajstić information content (AvgIpc) is 3.13. The fraction of sp³-hybridized carbons (Fsp3) is 0.267. The lowest BCUT2D eigenvalue weighted by molar-refractivity contribution is 0.451. The number of nitriles is 1. The van der Waals surface area contributed by atoms with E-state index in [1.165, 1.54) is 11.8 Å². The Morgan fingerprint density at radius 3 is 2.90 bits per heavy atom. The number of nitrogens with zero attached hydrogens (tertiary/aromatic N) is 3. The zero-order chi connectivity index (χ0) is 14.5. The summed E-state index contributed by atoms with van der Waals surface area (Å²) in [6.45, 7) is 0. The van der Waals surface area contributed by atoms with E-state index in [9.17, 15) is 0 Å². The Bertz CT molecular complexity index is 739. The highest BCUT2D eigenvalue weighted by molar-refractivity contribution is 7.99. The van der Waals surface area contributed by atoms with E-state index in [0.717, 1.165) is 29.6 Å². The molecule has 0 spiro atoms. The second-order valence-corrected chi connectivity index (χ2v) is 5.53. The zero-order valence-corrected chi connectivity index (χ0v) is 12.1. The van der Waals surface area contributed by atoms with Crippen LogP contribution in [0.15, 0.2) is 44.4 Å². The van der Waals surface area contributed by atoms with Gasteiger partial charge in [0.25, 0.3) is 11.1 Å². The highest BCUT2D eigenvalue weighted by Gasteiger charge is 2.13. The molecule has 3 aromatic rings. The van der Waals surface area contributed by atoms with Gasteiger partial charge in [0.15, 0.2) is 5.76 Å². The van der Waals surface area contributed by atoms with Gasteiger partial charge < -0.3 is 8.83 Å². The number of hydrogen-bond acceptors (Lipinski definition) is 6. The maximum Gasteiger partial charge on any atom is 0.284 e. The Morgan fingerprint density at radius 2 is 2.05 bits per heavy atom. The van der Waals surface area contributed by atoms with Gasteiger partial charge in [-0.3, -0.25) is 0 Å². The van der Waals surface area contributed by atoms with Gasteiger partial charge in [-0.2, -0.15) is 5.26 Å². The summed E-state index contributed by atoms with van der Waals surface area (Å²) in [5.41, 5.74) is 0.802. The van der Waals surface area contributed by atoms with Crippen molar-refractivity contribution >= 4 is 22.7 Å². The van der Waals surface area contributed by atoms with Crippen LogP contribution in [-0.2, 0) is 0 Å². The third-order valence-electron chi connectivity index (χ3n) is 2.95. The van der Waals surface area contributed by atoms with Gasteiger partial charge in [0.1, 0.15) is 5.58 Å². The van der Waals surface area contributed by atoms with Crippen LogP contribution in [0.25, 0.3) is 22.6 Å². The molecule has 6 heteroatoms. The van der Waals surface area contributed by atoms with Crippen LogP contribution in [0.1, 0.15) is 19.3 Å². The molecule has 0 bridgehead atoms. The molecule has 0 saturated heterocycles. The molecule has 0 aliphatic heterocycles. The first-order valence-corrected chi connectivity index (χ1v) is 7.67. The smallest absolute Gasteiger partial charge is 0.284 e. The van der Waals surface area contributed by atoms with Crippen molar-refractivity contribution in [2.75, 3.05) is 5.75 Å². The van der Waals surface area contributed by atoms with E-state index in [1.54, 1.807) is 0 Å². The lowest BCUT2D eigenvalue weighted by atomic mass is 10.2. The van der Waals surface area contributed by atoms with Crippen molar-refractivity contribution in [3.63, 3.8) is 0 Å². The maximum atomic E-state index is 8.46. The van der Waals surface area contributed by atoms with Crippen molar-refractivity contribution < 1.29 is 8.83 Å². The quantitative estimate of drug-likeness (QED) is 0.500. The van der Waals surface area contributed by atoms with Gasteiger partial charge in [0, 0.05) is 17.6 Å². The molecule has 2 heterocycles. The van der Waals surface area contributed by atoms with Gasteiger partial charge >= 0.3 is 0 Å². The van der Waals surface area contributed by atoms with Crippen molar-refractivity contribution in [1.82, 2.24) is 10.2 Å². The number of unbranched alkanes of at least 4 members (excludes halogenated alkanes) is 2. The maximum absolute atomic E-state index is 8.46. The largest absolute Gasteiger partial charge is 0.451 e. The van der Waals surface area contributed by atoms with Gasteiger partial charge in [-0.05, 0) is 25.0 Å². The minimum atomic E-state index is 0.394. The van der Waals surface area contributed by atoms with Crippen LogP contribution >= 0.6 is 11.8 Å². The van der Waals surface area contributed by atoms with Gasteiger partial charge in [-0.1, -0.05) is 30.0 Å². The normalized spacial score (nSPS) is 10.8. The Hall–Kier alpha value is -2.26. The first kappa shape index (κ1) is 13.7. The van der Waals surface area contributed by atoms with E-state index in [-0.39, 0.29) is 0 Å². The number of hydrogen-bond donors (Lipinski definition) is 0. The lowest BCUT2D eigenvalue weighted by Crippen LogP contribution is -1.80. The van der Waals surface area contributed by atoms with Crippen molar-refractivity contribution in [2.24, 2.45) is 0 Å². The van der Waals surface area contributed by atoms with Crippen molar-refractivity contribution in [2.45, 2.75) is 24.5 Å². The van der Waals surface area contributed by atoms with Crippen molar-refractivity contribution in [3.8, 4) is 17.7 Å². The molecule has 0 unspecified atom stereocenters. The van der Waals surface area contributed by atoms with E-state index in [2.05, 4.69) is 16.3 Å². The third-order valence-corrected chi connectivity index (χ3v) is 3.86. The van der Waals surface area contributed by atoms with E-state index in [4.69, 9.17) is 14.1 Å². The topological polar surface area (TPSA) is 75.8 Å². The van der Waals surface area contributed by atoms with Crippen LogP contribution < -0.4 is 0 Å². The Balaban J connectivity index is 1.65. The molecule has 0 fully saturated rings. The summed E-state index contributed by atoms with van der Waals surface area (Å²) in [4.78, 5) is 0. The molecule has 106 valence electrons.